The lowest BCUT2D eigenvalue weighted by Crippen LogP contribution is -2.48. The van der Waals surface area contributed by atoms with Crippen LogP contribution in [0.25, 0.3) is 0 Å². The average molecular weight is 249 g/mol. The number of nitrogens with one attached hydrogen (secondary N) is 2. The van der Waals surface area contributed by atoms with Crippen LogP contribution in [-0.4, -0.2) is 42.0 Å². The number of piperidine rings is 1. The van der Waals surface area contributed by atoms with Crippen molar-refractivity contribution in [1.82, 2.24) is 15.2 Å². The van der Waals surface area contributed by atoms with E-state index in [1.165, 1.54) is 12.3 Å². The Kier molecular flexibility index (Phi) is 3.81. The van der Waals surface area contributed by atoms with Gasteiger partial charge in [0.2, 0.25) is 5.56 Å². The fraction of sp³-hybridized carbons (Fsp3) is 0.538. The Morgan fingerprint density at radius 2 is 2.33 bits per heavy atom. The number of aromatic nitrogens is 1. The molecular weight excluding hydrogens is 230 g/mol. The van der Waals surface area contributed by atoms with Gasteiger partial charge in [-0.25, -0.2) is 0 Å². The molecule has 0 saturated carbocycles. The van der Waals surface area contributed by atoms with Gasteiger partial charge in [0.05, 0.1) is 0 Å². The van der Waals surface area contributed by atoms with E-state index >= 15 is 0 Å². The van der Waals surface area contributed by atoms with Gasteiger partial charge in [0, 0.05) is 30.4 Å². The minimum atomic E-state index is -0.251. The summed E-state index contributed by atoms with van der Waals surface area (Å²) in [5.74, 6) is 0.261. The zero-order valence-electron chi connectivity index (χ0n) is 10.8. The number of amides is 1. The molecule has 0 spiro atoms. The quantitative estimate of drug-likeness (QED) is 0.799. The van der Waals surface area contributed by atoms with E-state index in [1.54, 1.807) is 6.07 Å². The fourth-order valence-electron chi connectivity index (χ4n) is 2.41. The largest absolute Gasteiger partial charge is 0.349 e. The second kappa shape index (κ2) is 5.35. The lowest BCUT2D eigenvalue weighted by atomic mass is 9.94. The van der Waals surface area contributed by atoms with Gasteiger partial charge in [-0.05, 0) is 32.0 Å². The van der Waals surface area contributed by atoms with Gasteiger partial charge >= 0.3 is 0 Å². The molecule has 1 aliphatic heterocycles. The number of carbonyl (C=O) groups is 1. The number of likely N-dealkylation sites (tertiary alicyclic amines) is 1. The lowest BCUT2D eigenvalue weighted by Gasteiger charge is -2.35. The van der Waals surface area contributed by atoms with Crippen LogP contribution in [0.2, 0.25) is 0 Å². The molecule has 2 N–H and O–H groups in total. The zero-order valence-corrected chi connectivity index (χ0v) is 10.8. The standard InChI is InChI=1S/C13H19N3O2/c1-9-8-16(2)6-4-11(9)15-13(18)10-3-5-14-12(17)7-10/h3,5,7,9,11H,4,6,8H2,1-2H3,(H,14,17)(H,15,18). The molecule has 0 aromatic carbocycles. The van der Waals surface area contributed by atoms with E-state index in [-0.39, 0.29) is 17.5 Å². The molecule has 2 rings (SSSR count). The summed E-state index contributed by atoms with van der Waals surface area (Å²) in [6.07, 6.45) is 2.45. The molecule has 1 aliphatic rings. The van der Waals surface area contributed by atoms with Crippen LogP contribution in [-0.2, 0) is 0 Å². The van der Waals surface area contributed by atoms with E-state index in [1.807, 2.05) is 0 Å². The number of nitrogens with zero attached hydrogens (tertiary/aromatic N) is 1. The molecule has 5 heteroatoms. The summed E-state index contributed by atoms with van der Waals surface area (Å²) < 4.78 is 0. The maximum Gasteiger partial charge on any atom is 0.251 e. The summed E-state index contributed by atoms with van der Waals surface area (Å²) in [5, 5.41) is 3.01. The highest BCUT2D eigenvalue weighted by atomic mass is 16.2. The van der Waals surface area contributed by atoms with Gasteiger partial charge in [0.1, 0.15) is 0 Å². The first-order valence-corrected chi connectivity index (χ1v) is 6.24. The number of hydrogen-bond acceptors (Lipinski definition) is 3. The number of pyridine rings is 1. The Balaban J connectivity index is 2.01. The van der Waals surface area contributed by atoms with E-state index in [2.05, 4.69) is 29.2 Å². The van der Waals surface area contributed by atoms with Gasteiger partial charge in [-0.1, -0.05) is 6.92 Å². The molecule has 1 aromatic heterocycles. The van der Waals surface area contributed by atoms with Gasteiger partial charge in [-0.15, -0.1) is 0 Å². The van der Waals surface area contributed by atoms with Crippen molar-refractivity contribution in [3.63, 3.8) is 0 Å². The summed E-state index contributed by atoms with van der Waals surface area (Å²) in [5.41, 5.74) is 0.170. The van der Waals surface area contributed by atoms with Crippen molar-refractivity contribution in [1.29, 1.82) is 0 Å². The second-order valence-electron chi connectivity index (χ2n) is 5.05. The fourth-order valence-corrected chi connectivity index (χ4v) is 2.41. The van der Waals surface area contributed by atoms with Crippen LogP contribution in [0, 0.1) is 5.92 Å². The molecule has 2 heterocycles. The van der Waals surface area contributed by atoms with Crippen molar-refractivity contribution in [2.45, 2.75) is 19.4 Å². The molecule has 1 saturated heterocycles. The zero-order chi connectivity index (χ0) is 13.1. The van der Waals surface area contributed by atoms with E-state index in [4.69, 9.17) is 0 Å². The molecule has 2 atom stereocenters. The Labute approximate surface area is 106 Å². The van der Waals surface area contributed by atoms with Crippen LogP contribution in [0.15, 0.2) is 23.1 Å². The third-order valence-electron chi connectivity index (χ3n) is 3.46. The monoisotopic (exact) mass is 249 g/mol. The molecule has 1 amide bonds. The summed E-state index contributed by atoms with van der Waals surface area (Å²) in [4.78, 5) is 27.9. The second-order valence-corrected chi connectivity index (χ2v) is 5.05. The average Bonchev–Trinajstić information content (AvgIpc) is 2.32. The van der Waals surface area contributed by atoms with E-state index in [0.717, 1.165) is 19.5 Å². The van der Waals surface area contributed by atoms with Gasteiger partial charge in [0.25, 0.3) is 5.91 Å². The first kappa shape index (κ1) is 12.8. The molecule has 18 heavy (non-hydrogen) atoms. The first-order chi connectivity index (χ1) is 8.56. The summed E-state index contributed by atoms with van der Waals surface area (Å²) in [6.45, 7) is 4.11. The van der Waals surface area contributed by atoms with Crippen LogP contribution >= 0.6 is 0 Å². The van der Waals surface area contributed by atoms with Gasteiger partial charge in [-0.2, -0.15) is 0 Å². The topological polar surface area (TPSA) is 65.2 Å². The maximum absolute atomic E-state index is 12.0. The molecule has 1 fully saturated rings. The van der Waals surface area contributed by atoms with Gasteiger partial charge in [-0.3, -0.25) is 9.59 Å². The minimum absolute atomic E-state index is 0.164. The van der Waals surface area contributed by atoms with Crippen LogP contribution in [0.3, 0.4) is 0 Å². The smallest absolute Gasteiger partial charge is 0.251 e. The number of hydrogen-bond donors (Lipinski definition) is 2. The van der Waals surface area contributed by atoms with E-state index in [9.17, 15) is 9.59 Å². The number of H-pyrrole nitrogens is 1. The van der Waals surface area contributed by atoms with Crippen LogP contribution in [0.5, 0.6) is 0 Å². The maximum atomic E-state index is 12.0. The van der Waals surface area contributed by atoms with Gasteiger partial charge in [0.15, 0.2) is 0 Å². The molecule has 0 aliphatic carbocycles. The Bertz CT molecular complexity index is 483. The summed E-state index contributed by atoms with van der Waals surface area (Å²) >= 11 is 0. The predicted molar refractivity (Wildman–Crippen MR) is 69.6 cm³/mol. The van der Waals surface area contributed by atoms with Crippen molar-refractivity contribution in [2.75, 3.05) is 20.1 Å². The van der Waals surface area contributed by atoms with E-state index < -0.39 is 0 Å². The van der Waals surface area contributed by atoms with Crippen LogP contribution in [0.1, 0.15) is 23.7 Å². The van der Waals surface area contributed by atoms with Crippen LogP contribution in [0.4, 0.5) is 0 Å². The highest BCUT2D eigenvalue weighted by Crippen LogP contribution is 2.15. The van der Waals surface area contributed by atoms with Crippen LogP contribution < -0.4 is 10.9 Å². The van der Waals surface area contributed by atoms with Crippen molar-refractivity contribution in [3.8, 4) is 0 Å². The molecule has 98 valence electrons. The Hall–Kier alpha value is -1.62. The SMILES string of the molecule is CC1CN(C)CCC1NC(=O)c1cc[nH]c(=O)c1. The molecular formula is C13H19N3O2. The third kappa shape index (κ3) is 2.98. The molecule has 0 bridgehead atoms. The molecule has 0 radical (unpaired) electrons. The number of rotatable bonds is 2. The number of carbonyl (C=O) groups excluding carboxylic acids is 1. The van der Waals surface area contributed by atoms with Crippen molar-refractivity contribution in [2.24, 2.45) is 5.92 Å². The minimum Gasteiger partial charge on any atom is -0.349 e. The first-order valence-electron chi connectivity index (χ1n) is 6.24. The summed E-state index contributed by atoms with van der Waals surface area (Å²) in [7, 11) is 2.09. The van der Waals surface area contributed by atoms with Crippen molar-refractivity contribution >= 4 is 5.91 Å². The van der Waals surface area contributed by atoms with E-state index in [0.29, 0.717) is 11.5 Å². The van der Waals surface area contributed by atoms with Gasteiger partial charge < -0.3 is 15.2 Å². The molecule has 1 aromatic rings. The molecule has 2 unspecified atom stereocenters. The van der Waals surface area contributed by atoms with Crippen molar-refractivity contribution < 1.29 is 4.79 Å². The third-order valence-corrected chi connectivity index (χ3v) is 3.46. The predicted octanol–water partition coefficient (Wildman–Crippen LogP) is 0.445. The summed E-state index contributed by atoms with van der Waals surface area (Å²) in [6, 6.07) is 3.14. The lowest BCUT2D eigenvalue weighted by molar-refractivity contribution is 0.0883. The normalized spacial score (nSPS) is 24.8. The highest BCUT2D eigenvalue weighted by molar-refractivity contribution is 5.94. The Morgan fingerprint density at radius 1 is 1.56 bits per heavy atom. The van der Waals surface area contributed by atoms with Crippen molar-refractivity contribution in [3.05, 3.63) is 34.2 Å². The highest BCUT2D eigenvalue weighted by Gasteiger charge is 2.25. The molecule has 5 nitrogen and oxygen atoms in total. The number of aromatic amines is 1. The Morgan fingerprint density at radius 3 is 3.00 bits per heavy atom.